The molecular formula is C32H40Cl4N2O3. The molecule has 5 nitrogen and oxygen atoms in total. The molecule has 0 amide bonds. The van der Waals surface area contributed by atoms with Crippen molar-refractivity contribution in [3.8, 4) is 5.75 Å². The molecule has 224 valence electrons. The fourth-order valence-electron chi connectivity index (χ4n) is 6.16. The zero-order valence-electron chi connectivity index (χ0n) is 24.4. The van der Waals surface area contributed by atoms with Crippen LogP contribution in [0.1, 0.15) is 55.8 Å². The smallest absolute Gasteiger partial charge is 0.307 e. The first-order valence-corrected chi connectivity index (χ1v) is 16.0. The van der Waals surface area contributed by atoms with Gasteiger partial charge in [0, 0.05) is 54.6 Å². The second kappa shape index (κ2) is 13.7. The Morgan fingerprint density at radius 1 is 1.10 bits per heavy atom. The number of unbranched alkanes of at least 4 members (excludes halogenated alkanes) is 1. The summed E-state index contributed by atoms with van der Waals surface area (Å²) in [7, 11) is 5.57. The second-order valence-corrected chi connectivity index (χ2v) is 13.1. The number of ether oxygens (including phenoxy) is 2. The molecule has 0 radical (unpaired) electrons. The third kappa shape index (κ3) is 6.16. The van der Waals surface area contributed by atoms with Gasteiger partial charge in [-0.25, -0.2) is 0 Å². The molecule has 41 heavy (non-hydrogen) atoms. The Morgan fingerprint density at radius 2 is 1.83 bits per heavy atom. The number of esters is 1. The first-order chi connectivity index (χ1) is 19.6. The van der Waals surface area contributed by atoms with E-state index in [9.17, 15) is 4.79 Å². The van der Waals surface area contributed by atoms with E-state index in [2.05, 4.69) is 30.5 Å². The number of cyclic esters (lactones) is 1. The molecule has 2 aromatic carbocycles. The Bertz CT molecular complexity index is 1360. The van der Waals surface area contributed by atoms with Gasteiger partial charge in [0.1, 0.15) is 5.75 Å². The van der Waals surface area contributed by atoms with Crippen molar-refractivity contribution in [3.05, 3.63) is 59.3 Å². The Labute approximate surface area is 264 Å². The summed E-state index contributed by atoms with van der Waals surface area (Å²) in [5.74, 6) is 0.244. The van der Waals surface area contributed by atoms with Gasteiger partial charge in [0.15, 0.2) is 0 Å². The summed E-state index contributed by atoms with van der Waals surface area (Å²) < 4.78 is 14.2. The van der Waals surface area contributed by atoms with Crippen LogP contribution in [0.25, 0.3) is 10.9 Å². The maximum Gasteiger partial charge on any atom is 0.307 e. The van der Waals surface area contributed by atoms with Crippen LogP contribution in [-0.2, 0) is 21.5 Å². The number of carbonyl (C=O) groups is 1. The summed E-state index contributed by atoms with van der Waals surface area (Å²) in [6.45, 7) is 5.35. The molecule has 1 aliphatic rings. The lowest BCUT2D eigenvalue weighted by molar-refractivity contribution is -0.145. The summed E-state index contributed by atoms with van der Waals surface area (Å²) in [6.07, 6.45) is 3.16. The van der Waals surface area contributed by atoms with E-state index in [0.717, 1.165) is 52.8 Å². The lowest BCUT2D eigenvalue weighted by atomic mass is 9.66. The first kappa shape index (κ1) is 32.1. The van der Waals surface area contributed by atoms with E-state index in [4.69, 9.17) is 55.9 Å². The highest BCUT2D eigenvalue weighted by Gasteiger charge is 2.52. The summed E-state index contributed by atoms with van der Waals surface area (Å²) >= 11 is 28.5. The third-order valence-electron chi connectivity index (χ3n) is 8.30. The van der Waals surface area contributed by atoms with Crippen molar-refractivity contribution >= 4 is 69.0 Å². The average Bonchev–Trinajstić information content (AvgIpc) is 3.25. The maximum atomic E-state index is 13.7. The highest BCUT2D eigenvalue weighted by Crippen LogP contribution is 2.53. The number of nitrogens with zero attached hydrogens (tertiary/aromatic N) is 2. The zero-order chi connectivity index (χ0) is 29.9. The van der Waals surface area contributed by atoms with Crippen molar-refractivity contribution in [2.24, 2.45) is 0 Å². The topological polar surface area (TPSA) is 43.7 Å². The minimum absolute atomic E-state index is 0.0404. The van der Waals surface area contributed by atoms with Crippen LogP contribution < -0.4 is 9.64 Å². The summed E-state index contributed by atoms with van der Waals surface area (Å²) in [5, 5.41) is -1.70. The molecule has 5 unspecified atom stereocenters. The van der Waals surface area contributed by atoms with E-state index in [1.54, 1.807) is 7.11 Å². The monoisotopic (exact) mass is 640 g/mol. The van der Waals surface area contributed by atoms with Gasteiger partial charge in [0.25, 0.3) is 0 Å². The molecule has 5 atom stereocenters. The molecule has 0 saturated carbocycles. The molecular weight excluding hydrogens is 602 g/mol. The molecule has 0 aliphatic carbocycles. The van der Waals surface area contributed by atoms with Crippen LogP contribution in [-0.4, -0.2) is 59.9 Å². The van der Waals surface area contributed by atoms with Crippen molar-refractivity contribution in [1.29, 1.82) is 0 Å². The molecule has 1 aliphatic heterocycles. The van der Waals surface area contributed by atoms with Crippen LogP contribution in [0, 0.1) is 6.92 Å². The minimum atomic E-state index is -1.16. The lowest BCUT2D eigenvalue weighted by Crippen LogP contribution is -2.48. The molecule has 1 saturated heterocycles. The number of halogens is 4. The van der Waals surface area contributed by atoms with Gasteiger partial charge in [0.05, 0.1) is 47.1 Å². The van der Waals surface area contributed by atoms with Crippen LogP contribution in [0.5, 0.6) is 5.75 Å². The Balaban J connectivity index is 2.15. The van der Waals surface area contributed by atoms with Crippen molar-refractivity contribution in [3.63, 3.8) is 0 Å². The minimum Gasteiger partial charge on any atom is -0.496 e. The SMILES string of the molecule is CCCCn1c(C)c(C2(c3ccc(N(C)C)cc3OC)CC(=O)OCCCC(Cl)C(Cl)C(Cl)C2Cl)c2ccccc21. The van der Waals surface area contributed by atoms with Crippen molar-refractivity contribution in [1.82, 2.24) is 4.57 Å². The van der Waals surface area contributed by atoms with Crippen molar-refractivity contribution < 1.29 is 14.3 Å². The predicted octanol–water partition coefficient (Wildman–Crippen LogP) is 8.27. The Morgan fingerprint density at radius 3 is 2.51 bits per heavy atom. The molecule has 3 aromatic rings. The van der Waals surface area contributed by atoms with E-state index in [1.165, 1.54) is 0 Å². The van der Waals surface area contributed by atoms with Gasteiger partial charge >= 0.3 is 5.97 Å². The number of aryl methyl sites for hydroxylation is 1. The summed E-state index contributed by atoms with van der Waals surface area (Å²) in [4.78, 5) is 15.7. The van der Waals surface area contributed by atoms with E-state index in [1.807, 2.05) is 49.3 Å². The number of alkyl halides is 4. The number of fused-ring (bicyclic) bond motifs is 1. The molecule has 0 bridgehead atoms. The molecule has 9 heteroatoms. The number of aromatic nitrogens is 1. The first-order valence-electron chi connectivity index (χ1n) is 14.2. The van der Waals surface area contributed by atoms with E-state index >= 15 is 0 Å². The number of rotatable bonds is 7. The van der Waals surface area contributed by atoms with Crippen molar-refractivity contribution in [2.45, 2.75) is 79.4 Å². The number of methoxy groups -OCH3 is 1. The number of hydrogen-bond acceptors (Lipinski definition) is 4. The van der Waals surface area contributed by atoms with E-state index in [-0.39, 0.29) is 19.0 Å². The molecule has 1 aromatic heterocycles. The van der Waals surface area contributed by atoms with Gasteiger partial charge in [-0.05, 0) is 43.9 Å². The number of hydrogen-bond donors (Lipinski definition) is 0. The van der Waals surface area contributed by atoms with Gasteiger partial charge in [-0.15, -0.1) is 46.4 Å². The fourth-order valence-corrected chi connectivity index (χ4v) is 7.74. The van der Waals surface area contributed by atoms with Gasteiger partial charge in [-0.3, -0.25) is 4.79 Å². The van der Waals surface area contributed by atoms with Crippen molar-refractivity contribution in [2.75, 3.05) is 32.7 Å². The van der Waals surface area contributed by atoms with Crippen LogP contribution in [0.4, 0.5) is 5.69 Å². The third-order valence-corrected chi connectivity index (χ3v) is 10.9. The molecule has 2 heterocycles. The quantitative estimate of drug-likeness (QED) is 0.192. The molecule has 0 N–H and O–H groups in total. The fraction of sp³-hybridized carbons (Fsp3) is 0.531. The number of carbonyl (C=O) groups excluding carboxylic acids is 1. The van der Waals surface area contributed by atoms with Crippen LogP contribution in [0.2, 0.25) is 0 Å². The van der Waals surface area contributed by atoms with Crippen LogP contribution >= 0.6 is 46.4 Å². The number of para-hydroxylation sites is 1. The average molecular weight is 642 g/mol. The second-order valence-electron chi connectivity index (χ2n) is 11.1. The lowest BCUT2D eigenvalue weighted by Gasteiger charge is -2.42. The summed E-state index contributed by atoms with van der Waals surface area (Å²) in [6, 6.07) is 14.2. The van der Waals surface area contributed by atoms with E-state index < -0.39 is 26.9 Å². The largest absolute Gasteiger partial charge is 0.496 e. The van der Waals surface area contributed by atoms with Gasteiger partial charge in [-0.2, -0.15) is 0 Å². The Kier molecular flexibility index (Phi) is 10.7. The van der Waals surface area contributed by atoms with Gasteiger partial charge in [-0.1, -0.05) is 37.6 Å². The Hall–Kier alpha value is -1.79. The molecule has 0 spiro atoms. The predicted molar refractivity (Wildman–Crippen MR) is 173 cm³/mol. The van der Waals surface area contributed by atoms with Gasteiger partial charge < -0.3 is 18.9 Å². The van der Waals surface area contributed by atoms with E-state index in [0.29, 0.717) is 18.6 Å². The normalized spacial score (nSPS) is 25.9. The summed E-state index contributed by atoms with van der Waals surface area (Å²) in [5.41, 5.74) is 3.57. The van der Waals surface area contributed by atoms with Gasteiger partial charge in [0.2, 0.25) is 0 Å². The maximum absolute atomic E-state index is 13.7. The zero-order valence-corrected chi connectivity index (χ0v) is 27.5. The highest BCUT2D eigenvalue weighted by molar-refractivity contribution is 6.38. The number of anilines is 1. The van der Waals surface area contributed by atoms with Crippen LogP contribution in [0.3, 0.4) is 0 Å². The van der Waals surface area contributed by atoms with Crippen LogP contribution in [0.15, 0.2) is 42.5 Å². The highest BCUT2D eigenvalue weighted by atomic mass is 35.5. The standard InChI is InChI=1S/C32H40Cl4N2O3/c1-6-7-16-38-20(2)28(22-11-8-9-13-25(22)38)32(23-15-14-21(37(3)4)18-26(23)40-5)19-27(39)41-17-10-12-24(33)29(34)30(35)31(32)36/h8-9,11,13-15,18,24,29-31H,6-7,10,12,16-17,19H2,1-5H3. The molecule has 4 rings (SSSR count). The molecule has 1 fully saturated rings. The number of benzene rings is 2.